The molecular weight excluding hydrogens is 806 g/mol. The summed E-state index contributed by atoms with van der Waals surface area (Å²) in [5.74, 6) is -0.730. The van der Waals surface area contributed by atoms with Crippen molar-refractivity contribution in [2.24, 2.45) is 5.92 Å². The number of tetrazole rings is 1. The van der Waals surface area contributed by atoms with Gasteiger partial charge in [0.2, 0.25) is 11.1 Å². The normalized spacial score (nSPS) is 20.0. The van der Waals surface area contributed by atoms with Crippen LogP contribution in [0.3, 0.4) is 0 Å². The Morgan fingerprint density at radius 1 is 0.966 bits per heavy atom. The average molecular weight is 869 g/mol. The number of carbonyl (C=O) groups is 3. The van der Waals surface area contributed by atoms with Gasteiger partial charge in [-0.15, -0.1) is 15.0 Å². The fourth-order valence-electron chi connectivity index (χ4n) is 5.53. The van der Waals surface area contributed by atoms with Crippen LogP contribution in [-0.2, 0) is 39.6 Å². The summed E-state index contributed by atoms with van der Waals surface area (Å²) < 4.78 is 38.6. The van der Waals surface area contributed by atoms with E-state index in [9.17, 15) is 14.4 Å². The molecule has 1 aliphatic heterocycles. The summed E-state index contributed by atoms with van der Waals surface area (Å²) >= 11 is 6.53. The van der Waals surface area contributed by atoms with Gasteiger partial charge in [-0.3, -0.25) is 9.36 Å². The van der Waals surface area contributed by atoms with Crippen molar-refractivity contribution in [3.63, 3.8) is 0 Å². The largest absolute Gasteiger partial charge is 0.443 e. The predicted octanol–water partition coefficient (Wildman–Crippen LogP) is 7.73. The number of ether oxygens (including phenoxy) is 5. The fraction of sp³-hybridized carbons (Fsp3) is 0.757. The molecule has 4 heterocycles. The number of halogens is 1. The van der Waals surface area contributed by atoms with E-state index < -0.39 is 64.3 Å². The van der Waals surface area contributed by atoms with Crippen LogP contribution in [0.25, 0.3) is 11.2 Å². The molecule has 0 spiro atoms. The molecule has 3 aromatic rings. The molecule has 0 aliphatic carbocycles. The van der Waals surface area contributed by atoms with Crippen LogP contribution in [-0.4, -0.2) is 111 Å². The van der Waals surface area contributed by atoms with Gasteiger partial charge >= 0.3 is 12.2 Å². The number of anilines is 1. The summed E-state index contributed by atoms with van der Waals surface area (Å²) in [6, 6.07) is 0.987. The summed E-state index contributed by atoms with van der Waals surface area (Å²) in [7, 11) is -3.73. The van der Waals surface area contributed by atoms with Crippen molar-refractivity contribution in [3.05, 3.63) is 17.4 Å². The van der Waals surface area contributed by atoms with Crippen molar-refractivity contribution in [3.8, 4) is 0 Å². The van der Waals surface area contributed by atoms with E-state index in [1.165, 1.54) is 18.0 Å². The van der Waals surface area contributed by atoms with Crippen molar-refractivity contribution < 1.29 is 42.5 Å². The molecule has 0 saturated carbocycles. The number of aromatic nitrogens is 8. The number of hydrogen-bond donors (Lipinski definition) is 0. The van der Waals surface area contributed by atoms with Gasteiger partial charge in [-0.25, -0.2) is 14.6 Å². The number of imidazole rings is 1. The average Bonchev–Trinajstić information content (AvgIpc) is 3.75. The molecule has 1 unspecified atom stereocenters. The zero-order valence-electron chi connectivity index (χ0n) is 36.9. The predicted molar refractivity (Wildman–Crippen MR) is 222 cm³/mol. The quantitative estimate of drug-likeness (QED) is 0.0866. The molecule has 324 valence electrons. The maximum absolute atomic E-state index is 13.6. The molecule has 21 heteroatoms. The van der Waals surface area contributed by atoms with Gasteiger partial charge in [0.15, 0.2) is 50.1 Å². The molecule has 1 aliphatic rings. The third-order valence-corrected chi connectivity index (χ3v) is 16.0. The number of carbonyl (C=O) groups excluding carboxylic acids is 3. The zero-order valence-corrected chi connectivity index (χ0v) is 39.6. The number of nitrogens with zero attached hydrogens (tertiary/aromatic N) is 9. The summed E-state index contributed by atoms with van der Waals surface area (Å²) in [6.07, 6.45) is -3.74. The Kier molecular flexibility index (Phi) is 14.4. The second-order valence-corrected chi connectivity index (χ2v) is 30.1. The number of Topliss-reactive ketones (excluding diaryl/α,β-unsaturated/α-hetero) is 1. The minimum absolute atomic E-state index is 0.0286. The maximum Gasteiger partial charge on any atom is 0.425 e. The highest BCUT2D eigenvalue weighted by Crippen LogP contribution is 2.45. The first-order chi connectivity index (χ1) is 26.5. The third-order valence-electron chi connectivity index (χ3n) is 9.65. The molecule has 0 aromatic carbocycles. The van der Waals surface area contributed by atoms with Gasteiger partial charge in [-0.05, 0) is 89.5 Å². The SMILES string of the molecule is CC(=O)C(OC[C@H]1O[C@@H](n2cnc3c(N(C(=O)OC(C)(C)C)C(=O)OC(C)(C)C)nc(Cl)nc32)[C@H](O[Si](C)(C)C(C)(C)C)[C@H]1C)c1nnn(COCC[Si](C)(C)C)n1. The number of amides is 2. The van der Waals surface area contributed by atoms with E-state index >= 15 is 0 Å². The van der Waals surface area contributed by atoms with Gasteiger partial charge in [0, 0.05) is 20.6 Å². The molecule has 3 aromatic heterocycles. The van der Waals surface area contributed by atoms with E-state index in [1.54, 1.807) is 46.1 Å². The summed E-state index contributed by atoms with van der Waals surface area (Å²) in [5.41, 5.74) is -1.73. The van der Waals surface area contributed by atoms with E-state index in [0.717, 1.165) is 6.04 Å². The number of rotatable bonds is 14. The zero-order chi connectivity index (χ0) is 43.8. The first-order valence-electron chi connectivity index (χ1n) is 19.4. The first-order valence-corrected chi connectivity index (χ1v) is 26.4. The van der Waals surface area contributed by atoms with Gasteiger partial charge in [-0.2, -0.15) is 14.9 Å². The highest BCUT2D eigenvalue weighted by atomic mass is 35.5. The Morgan fingerprint density at radius 3 is 2.10 bits per heavy atom. The Morgan fingerprint density at radius 2 is 1.57 bits per heavy atom. The molecule has 2 amide bonds. The van der Waals surface area contributed by atoms with Gasteiger partial charge < -0.3 is 28.1 Å². The smallest absolute Gasteiger partial charge is 0.425 e. The Bertz CT molecular complexity index is 1900. The Hall–Kier alpha value is -3.41. The first kappa shape index (κ1) is 47.3. The number of fused-ring (bicyclic) bond motifs is 1. The van der Waals surface area contributed by atoms with Gasteiger partial charge in [-0.1, -0.05) is 47.3 Å². The van der Waals surface area contributed by atoms with E-state index in [4.69, 9.17) is 39.7 Å². The summed E-state index contributed by atoms with van der Waals surface area (Å²) in [4.78, 5) is 55.5. The second-order valence-electron chi connectivity index (χ2n) is 19.4. The van der Waals surface area contributed by atoms with Gasteiger partial charge in [0.1, 0.15) is 11.2 Å². The Balaban J connectivity index is 1.70. The highest BCUT2D eigenvalue weighted by molar-refractivity contribution is 6.76. The molecule has 4 rings (SSSR count). The van der Waals surface area contributed by atoms with Crippen molar-refractivity contribution in [2.75, 3.05) is 18.1 Å². The Labute approximate surface area is 348 Å². The lowest BCUT2D eigenvalue weighted by molar-refractivity contribution is -0.134. The molecule has 18 nitrogen and oxygen atoms in total. The minimum Gasteiger partial charge on any atom is -0.443 e. The van der Waals surface area contributed by atoms with Crippen LogP contribution in [0, 0.1) is 5.92 Å². The molecule has 0 radical (unpaired) electrons. The minimum atomic E-state index is -2.45. The lowest BCUT2D eigenvalue weighted by Crippen LogP contribution is -2.47. The maximum atomic E-state index is 13.6. The standard InChI is InChI=1S/C37H62ClN9O9Si2/c1-22-24(19-52-27(23(2)48)28-42-44-46(43-28)21-51-17-18-57(12,13)14)53-31(26(22)56-58(15,16)37(9,10)11)45-20-39-25-29(45)40-32(38)41-30(25)47(33(49)54-35(3,4)5)34(50)55-36(6,7)8/h20,22,24,26-27,31H,17-19,21H2,1-16H3/t22-,24+,26+,27?,31+/m0/s1. The molecule has 1 fully saturated rings. The van der Waals surface area contributed by atoms with E-state index in [1.807, 2.05) is 6.92 Å². The monoisotopic (exact) mass is 867 g/mol. The number of hydrogen-bond acceptors (Lipinski definition) is 15. The highest BCUT2D eigenvalue weighted by Gasteiger charge is 2.50. The molecule has 0 bridgehead atoms. The molecule has 58 heavy (non-hydrogen) atoms. The van der Waals surface area contributed by atoms with Crippen LogP contribution >= 0.6 is 11.6 Å². The van der Waals surface area contributed by atoms with Crippen LogP contribution in [0.1, 0.15) is 94.3 Å². The van der Waals surface area contributed by atoms with Gasteiger partial charge in [0.25, 0.3) is 0 Å². The van der Waals surface area contributed by atoms with Crippen molar-refractivity contribution in [1.29, 1.82) is 0 Å². The van der Waals surface area contributed by atoms with Crippen molar-refractivity contribution in [2.45, 2.75) is 162 Å². The third kappa shape index (κ3) is 12.1. The van der Waals surface area contributed by atoms with Gasteiger partial charge in [0.05, 0.1) is 25.1 Å². The molecule has 1 saturated heterocycles. The lowest BCUT2D eigenvalue weighted by atomic mass is 10.0. The van der Waals surface area contributed by atoms with Crippen molar-refractivity contribution in [1.82, 2.24) is 39.7 Å². The second kappa shape index (κ2) is 17.7. The van der Waals surface area contributed by atoms with Crippen molar-refractivity contribution >= 4 is 62.9 Å². The summed E-state index contributed by atoms with van der Waals surface area (Å²) in [6.45, 7) is 31.5. The number of ketones is 1. The van der Waals surface area contributed by atoms with Crippen LogP contribution in [0.2, 0.25) is 49.1 Å². The van der Waals surface area contributed by atoms with E-state index in [2.05, 4.69) is 83.9 Å². The molecule has 5 atom stereocenters. The number of imide groups is 1. The molecular formula is C37H62ClN9O9Si2. The van der Waals surface area contributed by atoms with Crippen LogP contribution in [0.15, 0.2) is 6.33 Å². The van der Waals surface area contributed by atoms with Crippen LogP contribution < -0.4 is 4.90 Å². The lowest BCUT2D eigenvalue weighted by Gasteiger charge is -2.40. The summed E-state index contributed by atoms with van der Waals surface area (Å²) in [5, 5.41) is 12.1. The van der Waals surface area contributed by atoms with E-state index in [0.29, 0.717) is 11.5 Å². The van der Waals surface area contributed by atoms with E-state index in [-0.39, 0.29) is 58.2 Å². The topological polar surface area (TPSA) is 197 Å². The fourth-order valence-corrected chi connectivity index (χ4v) is 7.82. The van der Waals surface area contributed by atoms with Crippen LogP contribution in [0.5, 0.6) is 0 Å². The van der Waals surface area contributed by atoms with Crippen LogP contribution in [0.4, 0.5) is 15.4 Å². The molecule has 0 N–H and O–H groups in total.